The van der Waals surface area contributed by atoms with Crippen LogP contribution >= 0.6 is 11.6 Å². The Bertz CT molecular complexity index is 935. The van der Waals surface area contributed by atoms with Crippen LogP contribution in [0.1, 0.15) is 5.56 Å². The van der Waals surface area contributed by atoms with Crippen molar-refractivity contribution in [2.45, 2.75) is 11.3 Å². The third-order valence-electron chi connectivity index (χ3n) is 3.42. The number of aromatic nitrogens is 2. The van der Waals surface area contributed by atoms with Gasteiger partial charge in [-0.2, -0.15) is 0 Å². The zero-order valence-corrected chi connectivity index (χ0v) is 13.2. The predicted octanol–water partition coefficient (Wildman–Crippen LogP) is 2.43. The van der Waals surface area contributed by atoms with Crippen LogP contribution in [0.5, 0.6) is 0 Å². The van der Waals surface area contributed by atoms with Crippen LogP contribution in [0.2, 0.25) is 5.02 Å². The van der Waals surface area contributed by atoms with Crippen LogP contribution in [0.3, 0.4) is 0 Å². The van der Waals surface area contributed by atoms with Gasteiger partial charge in [-0.3, -0.25) is 4.98 Å². The minimum atomic E-state index is -3.72. The first-order valence-electron chi connectivity index (χ1n) is 6.69. The molecular formula is C15H14ClN3O2S. The topological polar surface area (TPSA) is 78.0 Å². The van der Waals surface area contributed by atoms with E-state index >= 15 is 0 Å². The van der Waals surface area contributed by atoms with Crippen LogP contribution in [0.15, 0.2) is 53.8 Å². The molecule has 2 aromatic heterocycles. The van der Waals surface area contributed by atoms with Gasteiger partial charge in [0.05, 0.1) is 10.4 Å². The van der Waals surface area contributed by atoms with E-state index < -0.39 is 10.0 Å². The second-order valence-electron chi connectivity index (χ2n) is 4.84. The molecule has 0 aliphatic carbocycles. The van der Waals surface area contributed by atoms with Gasteiger partial charge in [-0.15, -0.1) is 0 Å². The number of fused-ring (bicyclic) bond motifs is 1. The molecule has 0 spiro atoms. The first-order valence-corrected chi connectivity index (χ1v) is 8.51. The lowest BCUT2D eigenvalue weighted by Crippen LogP contribution is -2.12. The summed E-state index contributed by atoms with van der Waals surface area (Å²) in [5.74, 6) is 0. The fourth-order valence-corrected chi connectivity index (χ4v) is 4.09. The fourth-order valence-electron chi connectivity index (χ4n) is 2.40. The molecule has 114 valence electrons. The van der Waals surface area contributed by atoms with E-state index in [4.69, 9.17) is 17.3 Å². The van der Waals surface area contributed by atoms with Crippen molar-refractivity contribution in [1.82, 2.24) is 8.96 Å². The number of rotatable bonds is 4. The Kier molecular flexibility index (Phi) is 3.90. The third kappa shape index (κ3) is 2.49. The van der Waals surface area contributed by atoms with Gasteiger partial charge in [0.25, 0.3) is 10.0 Å². The van der Waals surface area contributed by atoms with Crippen LogP contribution in [0.25, 0.3) is 10.9 Å². The van der Waals surface area contributed by atoms with Crippen molar-refractivity contribution in [3.05, 3.63) is 59.5 Å². The van der Waals surface area contributed by atoms with Gasteiger partial charge in [0.1, 0.15) is 0 Å². The zero-order chi connectivity index (χ0) is 15.7. The molecule has 0 aliphatic heterocycles. The van der Waals surface area contributed by atoms with Crippen molar-refractivity contribution in [3.63, 3.8) is 0 Å². The molecule has 22 heavy (non-hydrogen) atoms. The Hall–Kier alpha value is -1.89. The van der Waals surface area contributed by atoms with E-state index in [1.165, 1.54) is 16.1 Å². The first-order chi connectivity index (χ1) is 10.5. The minimum absolute atomic E-state index is 0.146. The summed E-state index contributed by atoms with van der Waals surface area (Å²) in [5, 5.41) is 1.17. The molecule has 1 aromatic carbocycles. The first kappa shape index (κ1) is 15.0. The average molecular weight is 336 g/mol. The van der Waals surface area contributed by atoms with E-state index in [1.807, 2.05) is 0 Å². The van der Waals surface area contributed by atoms with Gasteiger partial charge in [0, 0.05) is 29.0 Å². The summed E-state index contributed by atoms with van der Waals surface area (Å²) in [6.07, 6.45) is 5.42. The largest absolute Gasteiger partial charge is 0.330 e. The number of pyridine rings is 1. The predicted molar refractivity (Wildman–Crippen MR) is 86.5 cm³/mol. The van der Waals surface area contributed by atoms with E-state index in [9.17, 15) is 8.42 Å². The maximum Gasteiger partial charge on any atom is 0.268 e. The van der Waals surface area contributed by atoms with E-state index in [0.29, 0.717) is 23.5 Å². The van der Waals surface area contributed by atoms with Crippen molar-refractivity contribution in [2.24, 2.45) is 5.73 Å². The summed E-state index contributed by atoms with van der Waals surface area (Å²) in [6, 6.07) is 7.89. The van der Waals surface area contributed by atoms with Gasteiger partial charge in [0.2, 0.25) is 0 Å². The highest BCUT2D eigenvalue weighted by molar-refractivity contribution is 7.90. The Morgan fingerprint density at radius 1 is 1.27 bits per heavy atom. The monoisotopic (exact) mass is 335 g/mol. The number of hydrogen-bond acceptors (Lipinski definition) is 4. The standard InChI is InChI=1S/C15H14ClN3O2S/c16-12-2-1-3-13(8-12)22(20,21)19-10-11(4-6-17)14-9-18-7-5-15(14)19/h1-3,5,7-10H,4,6,17H2. The van der Waals surface area contributed by atoms with Crippen molar-refractivity contribution in [2.75, 3.05) is 6.54 Å². The second-order valence-corrected chi connectivity index (χ2v) is 7.10. The smallest absolute Gasteiger partial charge is 0.268 e. The van der Waals surface area contributed by atoms with E-state index in [-0.39, 0.29) is 4.90 Å². The average Bonchev–Trinajstić information content (AvgIpc) is 2.88. The van der Waals surface area contributed by atoms with Crippen molar-refractivity contribution < 1.29 is 8.42 Å². The maximum atomic E-state index is 12.9. The van der Waals surface area contributed by atoms with Gasteiger partial charge in [-0.1, -0.05) is 17.7 Å². The number of nitrogens with two attached hydrogens (primary N) is 1. The van der Waals surface area contributed by atoms with Crippen LogP contribution in [0.4, 0.5) is 0 Å². The van der Waals surface area contributed by atoms with Gasteiger partial charge in [0.15, 0.2) is 0 Å². The molecule has 7 heteroatoms. The molecule has 0 unspecified atom stereocenters. The molecule has 0 bridgehead atoms. The van der Waals surface area contributed by atoms with E-state index in [2.05, 4.69) is 4.98 Å². The molecule has 0 radical (unpaired) electrons. The summed E-state index contributed by atoms with van der Waals surface area (Å²) < 4.78 is 27.0. The summed E-state index contributed by atoms with van der Waals surface area (Å²) in [6.45, 7) is 0.436. The highest BCUT2D eigenvalue weighted by Crippen LogP contribution is 2.26. The van der Waals surface area contributed by atoms with Gasteiger partial charge < -0.3 is 5.73 Å². The fraction of sp³-hybridized carbons (Fsp3) is 0.133. The molecule has 0 saturated heterocycles. The van der Waals surface area contributed by atoms with E-state index in [0.717, 1.165) is 10.9 Å². The van der Waals surface area contributed by atoms with Crippen molar-refractivity contribution in [1.29, 1.82) is 0 Å². The number of halogens is 1. The Morgan fingerprint density at radius 3 is 2.82 bits per heavy atom. The van der Waals surface area contributed by atoms with Crippen molar-refractivity contribution in [3.8, 4) is 0 Å². The Morgan fingerprint density at radius 2 is 2.09 bits per heavy atom. The Balaban J connectivity index is 2.25. The number of nitrogens with zero attached hydrogens (tertiary/aromatic N) is 2. The lowest BCUT2D eigenvalue weighted by atomic mass is 10.2. The molecule has 3 aromatic rings. The normalized spacial score (nSPS) is 11.9. The zero-order valence-electron chi connectivity index (χ0n) is 11.6. The lowest BCUT2D eigenvalue weighted by Gasteiger charge is -2.07. The van der Waals surface area contributed by atoms with Crippen LogP contribution in [0, 0.1) is 0 Å². The highest BCUT2D eigenvalue weighted by atomic mass is 35.5. The molecule has 0 fully saturated rings. The summed E-state index contributed by atoms with van der Waals surface area (Å²) in [5.41, 5.74) is 7.04. The summed E-state index contributed by atoms with van der Waals surface area (Å²) in [7, 11) is -3.72. The van der Waals surface area contributed by atoms with Gasteiger partial charge >= 0.3 is 0 Å². The SMILES string of the molecule is NCCc1cn(S(=O)(=O)c2cccc(Cl)c2)c2ccncc12. The molecule has 5 nitrogen and oxygen atoms in total. The van der Waals surface area contributed by atoms with Crippen LogP contribution in [-0.4, -0.2) is 23.9 Å². The highest BCUT2D eigenvalue weighted by Gasteiger charge is 2.21. The molecular weight excluding hydrogens is 322 g/mol. The van der Waals surface area contributed by atoms with Gasteiger partial charge in [-0.25, -0.2) is 12.4 Å². The number of benzene rings is 1. The maximum absolute atomic E-state index is 12.9. The molecule has 2 N–H and O–H groups in total. The van der Waals surface area contributed by atoms with Crippen LogP contribution < -0.4 is 5.73 Å². The van der Waals surface area contributed by atoms with E-state index in [1.54, 1.807) is 36.8 Å². The Labute approximate surface area is 133 Å². The second kappa shape index (κ2) is 5.72. The summed E-state index contributed by atoms with van der Waals surface area (Å²) >= 11 is 5.91. The molecule has 2 heterocycles. The summed E-state index contributed by atoms with van der Waals surface area (Å²) in [4.78, 5) is 4.21. The minimum Gasteiger partial charge on any atom is -0.330 e. The molecule has 0 aliphatic rings. The number of hydrogen-bond donors (Lipinski definition) is 1. The third-order valence-corrected chi connectivity index (χ3v) is 5.33. The van der Waals surface area contributed by atoms with Crippen molar-refractivity contribution >= 4 is 32.5 Å². The molecule has 3 rings (SSSR count). The molecule has 0 amide bonds. The van der Waals surface area contributed by atoms with Crippen LogP contribution in [-0.2, 0) is 16.4 Å². The molecule has 0 atom stereocenters. The van der Waals surface area contributed by atoms with Gasteiger partial charge in [-0.05, 0) is 42.8 Å². The quantitative estimate of drug-likeness (QED) is 0.794. The lowest BCUT2D eigenvalue weighted by molar-refractivity contribution is 0.589. The molecule has 0 saturated carbocycles.